The predicted molar refractivity (Wildman–Crippen MR) is 81.2 cm³/mol. The molecule has 0 saturated carbocycles. The smallest absolute Gasteiger partial charge is 0.135 e. The zero-order valence-corrected chi connectivity index (χ0v) is 12.7. The molecule has 0 amide bonds. The number of phenolic OH excluding ortho intramolecular Hbond substituents is 1. The van der Waals surface area contributed by atoms with Gasteiger partial charge in [0.1, 0.15) is 17.4 Å². The number of fused-ring (bicyclic) bond motifs is 1. The fraction of sp³-hybridized carbons (Fsp3) is 0.500. The molecule has 2 heterocycles. The van der Waals surface area contributed by atoms with Crippen molar-refractivity contribution in [3.8, 4) is 5.75 Å². The molecular weight excluding hydrogens is 264 g/mol. The lowest BCUT2D eigenvalue weighted by Gasteiger charge is -2.20. The van der Waals surface area contributed by atoms with Gasteiger partial charge < -0.3 is 9.67 Å². The van der Waals surface area contributed by atoms with Gasteiger partial charge in [0.25, 0.3) is 0 Å². The van der Waals surface area contributed by atoms with Gasteiger partial charge in [-0.2, -0.15) is 0 Å². The van der Waals surface area contributed by atoms with Crippen LogP contribution in [-0.2, 0) is 19.5 Å². The van der Waals surface area contributed by atoms with Crippen LogP contribution in [-0.4, -0.2) is 37.9 Å². The van der Waals surface area contributed by atoms with Crippen LogP contribution in [0.1, 0.15) is 37.0 Å². The van der Waals surface area contributed by atoms with Gasteiger partial charge in [0.2, 0.25) is 0 Å². The summed E-state index contributed by atoms with van der Waals surface area (Å²) in [6, 6.07) is 7.56. The van der Waals surface area contributed by atoms with Gasteiger partial charge in [0.15, 0.2) is 0 Å². The van der Waals surface area contributed by atoms with Crippen molar-refractivity contribution in [3.05, 3.63) is 41.5 Å². The highest BCUT2D eigenvalue weighted by Gasteiger charge is 2.20. The highest BCUT2D eigenvalue weighted by atomic mass is 16.3. The maximum absolute atomic E-state index is 9.91. The summed E-state index contributed by atoms with van der Waals surface area (Å²) >= 11 is 0. The van der Waals surface area contributed by atoms with Gasteiger partial charge in [-0.3, -0.25) is 4.90 Å². The number of para-hydroxylation sites is 1. The molecule has 0 saturated heterocycles. The van der Waals surface area contributed by atoms with E-state index in [-0.39, 0.29) is 0 Å². The molecule has 112 valence electrons. The number of hydrogen-bond acceptors (Lipinski definition) is 4. The molecule has 0 spiro atoms. The highest BCUT2D eigenvalue weighted by Crippen LogP contribution is 2.20. The lowest BCUT2D eigenvalue weighted by atomic mass is 10.2. The largest absolute Gasteiger partial charge is 0.508 e. The summed E-state index contributed by atoms with van der Waals surface area (Å²) in [6.07, 6.45) is 0.910. The first-order valence-electron chi connectivity index (χ1n) is 7.56. The number of rotatable bonds is 3. The second kappa shape index (κ2) is 5.85. The molecule has 1 aliphatic heterocycles. The van der Waals surface area contributed by atoms with Crippen LogP contribution < -0.4 is 0 Å². The van der Waals surface area contributed by atoms with Crippen molar-refractivity contribution in [1.82, 2.24) is 19.7 Å². The van der Waals surface area contributed by atoms with Gasteiger partial charge in [-0.25, -0.2) is 0 Å². The van der Waals surface area contributed by atoms with Gasteiger partial charge in [-0.1, -0.05) is 32.0 Å². The van der Waals surface area contributed by atoms with Crippen molar-refractivity contribution in [2.24, 2.45) is 0 Å². The average Bonchev–Trinajstić information content (AvgIpc) is 2.77. The van der Waals surface area contributed by atoms with Gasteiger partial charge in [0.05, 0.1) is 0 Å². The molecule has 0 atom stereocenters. The predicted octanol–water partition coefficient (Wildman–Crippen LogP) is 2.17. The summed E-state index contributed by atoms with van der Waals surface area (Å²) in [5, 5.41) is 18.6. The topological polar surface area (TPSA) is 54.2 Å². The number of hydrogen-bond donors (Lipinski definition) is 1. The van der Waals surface area contributed by atoms with Crippen LogP contribution in [0.5, 0.6) is 5.75 Å². The number of aromatic nitrogens is 3. The molecule has 3 rings (SSSR count). The lowest BCUT2D eigenvalue weighted by molar-refractivity contribution is 0.266. The Labute approximate surface area is 125 Å². The second-order valence-corrected chi connectivity index (χ2v) is 5.94. The molecule has 1 aromatic heterocycles. The molecule has 0 unspecified atom stereocenters. The minimum atomic E-state index is 0.379. The summed E-state index contributed by atoms with van der Waals surface area (Å²) in [5.41, 5.74) is 0.985. The van der Waals surface area contributed by atoms with E-state index in [1.807, 2.05) is 18.2 Å². The van der Waals surface area contributed by atoms with Gasteiger partial charge >= 0.3 is 0 Å². The summed E-state index contributed by atoms with van der Waals surface area (Å²) < 4.78 is 2.26. The van der Waals surface area contributed by atoms with E-state index in [9.17, 15) is 5.11 Å². The normalized spacial score (nSPS) is 16.0. The monoisotopic (exact) mass is 286 g/mol. The molecule has 1 N–H and O–H groups in total. The van der Waals surface area contributed by atoms with E-state index >= 15 is 0 Å². The lowest BCUT2D eigenvalue weighted by Crippen LogP contribution is -2.26. The maximum atomic E-state index is 9.91. The molecule has 0 radical (unpaired) electrons. The Bertz CT molecular complexity index is 620. The van der Waals surface area contributed by atoms with E-state index in [0.717, 1.165) is 49.8 Å². The van der Waals surface area contributed by atoms with E-state index in [2.05, 4.69) is 33.5 Å². The van der Waals surface area contributed by atoms with E-state index in [1.54, 1.807) is 6.07 Å². The minimum absolute atomic E-state index is 0.379. The quantitative estimate of drug-likeness (QED) is 0.939. The van der Waals surface area contributed by atoms with Crippen molar-refractivity contribution in [3.63, 3.8) is 0 Å². The van der Waals surface area contributed by atoms with Crippen LogP contribution in [0, 0.1) is 0 Å². The van der Waals surface area contributed by atoms with Crippen LogP contribution in [0.3, 0.4) is 0 Å². The average molecular weight is 286 g/mol. The second-order valence-electron chi connectivity index (χ2n) is 5.94. The van der Waals surface area contributed by atoms with Gasteiger partial charge in [-0.15, -0.1) is 10.2 Å². The van der Waals surface area contributed by atoms with Crippen molar-refractivity contribution in [1.29, 1.82) is 0 Å². The summed E-state index contributed by atoms with van der Waals surface area (Å²) in [7, 11) is 0. The molecule has 5 heteroatoms. The highest BCUT2D eigenvalue weighted by molar-refractivity contribution is 5.31. The number of nitrogens with zero attached hydrogens (tertiary/aromatic N) is 4. The standard InChI is InChI=1S/C16H22N4O/c1-12(2)16-18-17-15-7-8-19(9-10-20(15)16)11-13-5-3-4-6-14(13)21/h3-6,12,21H,7-11H2,1-2H3. The zero-order chi connectivity index (χ0) is 14.8. The van der Waals surface area contributed by atoms with Crippen LogP contribution in [0.4, 0.5) is 0 Å². The van der Waals surface area contributed by atoms with E-state index < -0.39 is 0 Å². The first-order chi connectivity index (χ1) is 10.1. The van der Waals surface area contributed by atoms with Crippen molar-refractivity contribution in [2.75, 3.05) is 13.1 Å². The Balaban J connectivity index is 1.72. The van der Waals surface area contributed by atoms with Crippen LogP contribution in [0.25, 0.3) is 0 Å². The first kappa shape index (κ1) is 14.1. The van der Waals surface area contributed by atoms with Crippen LogP contribution >= 0.6 is 0 Å². The Hall–Kier alpha value is -1.88. The van der Waals surface area contributed by atoms with Crippen LogP contribution in [0.15, 0.2) is 24.3 Å². The number of phenols is 1. The van der Waals surface area contributed by atoms with Crippen molar-refractivity contribution >= 4 is 0 Å². The Morgan fingerprint density at radius 1 is 1.14 bits per heavy atom. The summed E-state index contributed by atoms with van der Waals surface area (Å²) in [5.74, 6) is 2.94. The summed E-state index contributed by atoms with van der Waals surface area (Å²) in [4.78, 5) is 2.37. The SMILES string of the molecule is CC(C)c1nnc2n1CCN(Cc1ccccc1O)CC2. The third kappa shape index (κ3) is 2.93. The Morgan fingerprint density at radius 2 is 1.95 bits per heavy atom. The Morgan fingerprint density at radius 3 is 2.71 bits per heavy atom. The first-order valence-corrected chi connectivity index (χ1v) is 7.56. The van der Waals surface area contributed by atoms with E-state index in [0.29, 0.717) is 11.7 Å². The van der Waals surface area contributed by atoms with Crippen molar-refractivity contribution in [2.45, 2.75) is 39.3 Å². The molecule has 2 aromatic rings. The molecular formula is C16H22N4O. The molecule has 5 nitrogen and oxygen atoms in total. The van der Waals surface area contributed by atoms with Gasteiger partial charge in [0, 0.05) is 44.1 Å². The zero-order valence-electron chi connectivity index (χ0n) is 12.7. The van der Waals surface area contributed by atoms with Crippen molar-refractivity contribution < 1.29 is 5.11 Å². The third-order valence-electron chi connectivity index (χ3n) is 4.05. The van der Waals surface area contributed by atoms with E-state index in [4.69, 9.17) is 0 Å². The fourth-order valence-corrected chi connectivity index (χ4v) is 2.86. The molecule has 1 aromatic carbocycles. The molecule has 1 aliphatic rings. The van der Waals surface area contributed by atoms with Gasteiger partial charge in [-0.05, 0) is 6.07 Å². The molecule has 0 fully saturated rings. The van der Waals surface area contributed by atoms with E-state index in [1.165, 1.54) is 0 Å². The molecule has 0 aliphatic carbocycles. The minimum Gasteiger partial charge on any atom is -0.508 e. The number of aromatic hydroxyl groups is 1. The fourth-order valence-electron chi connectivity index (χ4n) is 2.86. The summed E-state index contributed by atoms with van der Waals surface area (Å²) in [6.45, 7) is 7.92. The maximum Gasteiger partial charge on any atom is 0.135 e. The molecule has 21 heavy (non-hydrogen) atoms. The third-order valence-corrected chi connectivity index (χ3v) is 4.05. The Kier molecular flexibility index (Phi) is 3.92. The number of benzene rings is 1. The van der Waals surface area contributed by atoms with Crippen LogP contribution in [0.2, 0.25) is 0 Å². The molecule has 0 bridgehead atoms.